The van der Waals surface area contributed by atoms with Crippen LogP contribution in [0.25, 0.3) is 0 Å². The number of nitrogens with two attached hydrogens (primary N) is 1. The largest absolute Gasteiger partial charge is 0.452 e. The first kappa shape index (κ1) is 18.3. The number of esters is 1. The highest BCUT2D eigenvalue weighted by Gasteiger charge is 2.29. The van der Waals surface area contributed by atoms with Crippen LogP contribution in [-0.2, 0) is 14.3 Å². The Hall–Kier alpha value is -3.08. The molecule has 1 saturated heterocycles. The molecule has 0 aliphatic carbocycles. The number of urea groups is 1. The average molecular weight is 344 g/mol. The van der Waals surface area contributed by atoms with Crippen molar-refractivity contribution in [2.24, 2.45) is 11.7 Å². The van der Waals surface area contributed by atoms with Crippen LogP contribution in [0.5, 0.6) is 0 Å². The molecule has 8 heteroatoms. The number of nitrogens with one attached hydrogen (secondary N) is 1. The number of hydrogen-bond donors (Lipinski definition) is 2. The molecule has 1 aromatic rings. The third-order valence-corrected chi connectivity index (χ3v) is 4.06. The van der Waals surface area contributed by atoms with Crippen LogP contribution in [0, 0.1) is 17.2 Å². The first-order valence-electron chi connectivity index (χ1n) is 7.96. The maximum Gasteiger partial charge on any atom is 0.314 e. The Morgan fingerprint density at radius 1 is 1.36 bits per heavy atom. The van der Waals surface area contributed by atoms with Gasteiger partial charge in [0.15, 0.2) is 6.10 Å². The normalized spacial score (nSPS) is 15.8. The standard InChI is InChI=1S/C17H20N4O4/c1-11(15(22)20-14-4-2-3-12(9-14)10-18)25-16(23)13-5-7-21(8-6-13)17(19)24/h2-4,9,11,13H,5-8H2,1H3,(H2,19,24)(H,20,22)/t11-/m0/s1. The van der Waals surface area contributed by atoms with E-state index in [1.807, 2.05) is 6.07 Å². The predicted octanol–water partition coefficient (Wildman–Crippen LogP) is 1.22. The predicted molar refractivity (Wildman–Crippen MR) is 89.2 cm³/mol. The lowest BCUT2D eigenvalue weighted by Gasteiger charge is -2.30. The average Bonchev–Trinajstić information content (AvgIpc) is 2.61. The van der Waals surface area contributed by atoms with Gasteiger partial charge in [-0.25, -0.2) is 4.79 Å². The van der Waals surface area contributed by atoms with Crippen LogP contribution in [-0.4, -0.2) is 42.0 Å². The Morgan fingerprint density at radius 3 is 2.64 bits per heavy atom. The van der Waals surface area contributed by atoms with Crippen molar-refractivity contribution in [2.75, 3.05) is 18.4 Å². The Morgan fingerprint density at radius 2 is 2.04 bits per heavy atom. The van der Waals surface area contributed by atoms with Crippen molar-refractivity contribution >= 4 is 23.6 Å². The molecule has 8 nitrogen and oxygen atoms in total. The Balaban J connectivity index is 1.85. The van der Waals surface area contributed by atoms with E-state index in [-0.39, 0.29) is 5.92 Å². The summed E-state index contributed by atoms with van der Waals surface area (Å²) >= 11 is 0. The van der Waals surface area contributed by atoms with E-state index in [1.54, 1.807) is 18.2 Å². The van der Waals surface area contributed by atoms with Gasteiger partial charge >= 0.3 is 12.0 Å². The zero-order valence-corrected chi connectivity index (χ0v) is 13.9. The summed E-state index contributed by atoms with van der Waals surface area (Å²) in [6.45, 7) is 2.28. The molecule has 1 aromatic carbocycles. The van der Waals surface area contributed by atoms with E-state index in [0.717, 1.165) is 0 Å². The smallest absolute Gasteiger partial charge is 0.314 e. The first-order chi connectivity index (χ1) is 11.9. The summed E-state index contributed by atoms with van der Waals surface area (Å²) in [6, 6.07) is 7.93. The highest BCUT2D eigenvalue weighted by molar-refractivity contribution is 5.95. The third-order valence-electron chi connectivity index (χ3n) is 4.06. The second kappa shape index (κ2) is 8.15. The van der Waals surface area contributed by atoms with Crippen LogP contribution in [0.15, 0.2) is 24.3 Å². The molecule has 1 heterocycles. The van der Waals surface area contributed by atoms with Crippen LogP contribution in [0.1, 0.15) is 25.3 Å². The van der Waals surface area contributed by atoms with E-state index in [9.17, 15) is 14.4 Å². The number of hydrogen-bond acceptors (Lipinski definition) is 5. The molecule has 0 spiro atoms. The van der Waals surface area contributed by atoms with Crippen molar-refractivity contribution in [3.05, 3.63) is 29.8 Å². The lowest BCUT2D eigenvalue weighted by atomic mass is 9.97. The molecule has 0 radical (unpaired) electrons. The van der Waals surface area contributed by atoms with Crippen LogP contribution in [0.4, 0.5) is 10.5 Å². The molecule has 1 fully saturated rings. The van der Waals surface area contributed by atoms with Gasteiger partial charge in [-0.2, -0.15) is 5.26 Å². The first-order valence-corrected chi connectivity index (χ1v) is 7.96. The van der Waals surface area contributed by atoms with Crippen LogP contribution >= 0.6 is 0 Å². The zero-order valence-electron chi connectivity index (χ0n) is 13.9. The SMILES string of the molecule is C[C@H](OC(=O)C1CCN(C(N)=O)CC1)C(=O)Nc1cccc(C#N)c1. The Labute approximate surface area is 145 Å². The molecule has 3 N–H and O–H groups in total. The molecular weight excluding hydrogens is 324 g/mol. The fourth-order valence-corrected chi connectivity index (χ4v) is 2.57. The number of likely N-dealkylation sites (tertiary alicyclic amines) is 1. The monoisotopic (exact) mass is 344 g/mol. The maximum atomic E-state index is 12.2. The number of benzene rings is 1. The summed E-state index contributed by atoms with van der Waals surface area (Å²) in [7, 11) is 0. The molecule has 132 valence electrons. The maximum absolute atomic E-state index is 12.2. The van der Waals surface area contributed by atoms with Gasteiger partial charge in [-0.15, -0.1) is 0 Å². The third kappa shape index (κ3) is 4.94. The lowest BCUT2D eigenvalue weighted by Crippen LogP contribution is -2.44. The molecule has 0 bridgehead atoms. The summed E-state index contributed by atoms with van der Waals surface area (Å²) in [6.07, 6.45) is -0.0480. The second-order valence-corrected chi connectivity index (χ2v) is 5.86. The number of ether oxygens (including phenoxy) is 1. The van der Waals surface area contributed by atoms with Crippen LogP contribution < -0.4 is 11.1 Å². The van der Waals surface area contributed by atoms with Gasteiger partial charge in [0.1, 0.15) is 0 Å². The van der Waals surface area contributed by atoms with Crippen molar-refractivity contribution in [3.63, 3.8) is 0 Å². The van der Waals surface area contributed by atoms with Gasteiger partial charge in [-0.3, -0.25) is 9.59 Å². The summed E-state index contributed by atoms with van der Waals surface area (Å²) in [4.78, 5) is 36.8. The van der Waals surface area contributed by atoms with Gasteiger partial charge in [0.25, 0.3) is 5.91 Å². The van der Waals surface area contributed by atoms with Crippen LogP contribution in [0.2, 0.25) is 0 Å². The lowest BCUT2D eigenvalue weighted by molar-refractivity contribution is -0.158. The minimum absolute atomic E-state index is 0.354. The number of amides is 3. The molecule has 25 heavy (non-hydrogen) atoms. The molecule has 0 aromatic heterocycles. The molecule has 0 unspecified atom stereocenters. The van der Waals surface area contributed by atoms with Crippen molar-refractivity contribution in [3.8, 4) is 6.07 Å². The molecule has 1 aliphatic rings. The molecule has 3 amide bonds. The van der Waals surface area contributed by atoms with Gasteiger partial charge in [-0.1, -0.05) is 6.07 Å². The second-order valence-electron chi connectivity index (χ2n) is 5.86. The fourth-order valence-electron chi connectivity index (χ4n) is 2.57. The summed E-state index contributed by atoms with van der Waals surface area (Å²) in [5.41, 5.74) is 6.08. The molecule has 2 rings (SSSR count). The summed E-state index contributed by atoms with van der Waals surface area (Å²) in [5, 5.41) is 11.5. The topological polar surface area (TPSA) is 126 Å². The van der Waals surface area contributed by atoms with Crippen molar-refractivity contribution in [2.45, 2.75) is 25.9 Å². The Kier molecular flexibility index (Phi) is 5.95. The number of carbonyl (C=O) groups excluding carboxylic acids is 3. The highest BCUT2D eigenvalue weighted by atomic mass is 16.5. The number of anilines is 1. The van der Waals surface area contributed by atoms with Crippen molar-refractivity contribution in [1.82, 2.24) is 4.90 Å². The van der Waals surface area contributed by atoms with E-state index in [1.165, 1.54) is 17.9 Å². The minimum atomic E-state index is -0.965. The number of primary amides is 1. The molecular formula is C17H20N4O4. The number of rotatable bonds is 4. The number of nitrogens with zero attached hydrogens (tertiary/aromatic N) is 2. The molecule has 0 saturated carbocycles. The van der Waals surface area contributed by atoms with E-state index in [2.05, 4.69) is 5.32 Å². The van der Waals surface area contributed by atoms with Gasteiger partial charge in [-0.05, 0) is 38.0 Å². The summed E-state index contributed by atoms with van der Waals surface area (Å²) < 4.78 is 5.23. The van der Waals surface area contributed by atoms with Crippen LogP contribution in [0.3, 0.4) is 0 Å². The van der Waals surface area contributed by atoms with E-state index in [4.69, 9.17) is 15.7 Å². The van der Waals surface area contributed by atoms with Gasteiger partial charge in [0.2, 0.25) is 0 Å². The highest BCUT2D eigenvalue weighted by Crippen LogP contribution is 2.19. The zero-order chi connectivity index (χ0) is 18.4. The van der Waals surface area contributed by atoms with E-state index in [0.29, 0.717) is 37.2 Å². The quantitative estimate of drug-likeness (QED) is 0.794. The minimum Gasteiger partial charge on any atom is -0.452 e. The van der Waals surface area contributed by atoms with E-state index < -0.39 is 24.0 Å². The van der Waals surface area contributed by atoms with E-state index >= 15 is 0 Å². The van der Waals surface area contributed by atoms with Gasteiger partial charge < -0.3 is 20.7 Å². The fraction of sp³-hybridized carbons (Fsp3) is 0.412. The summed E-state index contributed by atoms with van der Waals surface area (Å²) in [5.74, 6) is -1.29. The number of nitriles is 1. The number of carbonyl (C=O) groups is 3. The van der Waals surface area contributed by atoms with Gasteiger partial charge in [0.05, 0.1) is 17.6 Å². The molecule has 1 aliphatic heterocycles. The number of piperidine rings is 1. The van der Waals surface area contributed by atoms with Crippen molar-refractivity contribution < 1.29 is 19.1 Å². The van der Waals surface area contributed by atoms with Crippen molar-refractivity contribution in [1.29, 1.82) is 5.26 Å². The molecule has 1 atom stereocenters. The Bertz CT molecular complexity index is 705. The van der Waals surface area contributed by atoms with Gasteiger partial charge in [0, 0.05) is 18.8 Å².